The molecule has 1 aromatic carbocycles. The molecular weight excluding hydrogens is 518 g/mol. The summed E-state index contributed by atoms with van der Waals surface area (Å²) in [7, 11) is 0.934. The highest BCUT2D eigenvalue weighted by molar-refractivity contribution is 14.0. The lowest BCUT2D eigenvalue weighted by atomic mass is 10.2. The van der Waals surface area contributed by atoms with Gasteiger partial charge < -0.3 is 15.2 Å². The van der Waals surface area contributed by atoms with Gasteiger partial charge in [0.2, 0.25) is 0 Å². The average molecular weight is 543 g/mol. The predicted molar refractivity (Wildman–Crippen MR) is 127 cm³/mol. The Morgan fingerprint density at radius 1 is 1.22 bits per heavy atom. The maximum atomic E-state index is 12.2. The van der Waals surface area contributed by atoms with Crippen molar-refractivity contribution in [3.05, 3.63) is 57.8 Å². The minimum Gasteiger partial charge on any atom is -0.357 e. The molecule has 0 aliphatic carbocycles. The topological polar surface area (TPSA) is 58.4 Å². The van der Waals surface area contributed by atoms with Gasteiger partial charge in [0.15, 0.2) is 5.96 Å². The quantitative estimate of drug-likeness (QED) is 0.301. The molecule has 1 aromatic heterocycles. The lowest BCUT2D eigenvalue weighted by Crippen LogP contribution is -2.39. The maximum absolute atomic E-state index is 12.2. The highest BCUT2D eigenvalue weighted by Gasteiger charge is 2.09. The van der Waals surface area contributed by atoms with Crippen LogP contribution in [0.4, 0.5) is 0 Å². The zero-order valence-electron chi connectivity index (χ0n) is 15.4. The smallest absolute Gasteiger partial charge is 0.191 e. The van der Waals surface area contributed by atoms with Crippen LogP contribution in [0, 0.1) is 0 Å². The van der Waals surface area contributed by atoms with Crippen molar-refractivity contribution in [3.63, 3.8) is 0 Å². The molecular formula is C18H25Cl2IN4OS. The number of rotatable bonds is 8. The highest BCUT2D eigenvalue weighted by atomic mass is 127. The van der Waals surface area contributed by atoms with Crippen molar-refractivity contribution in [2.45, 2.75) is 19.2 Å². The number of halogens is 3. The first-order valence-corrected chi connectivity index (χ1v) is 10.7. The molecule has 1 unspecified atom stereocenters. The summed E-state index contributed by atoms with van der Waals surface area (Å²) in [6.45, 7) is 3.78. The number of hydrogen-bond acceptors (Lipinski definition) is 2. The summed E-state index contributed by atoms with van der Waals surface area (Å²) in [6, 6.07) is 11.7. The fraction of sp³-hybridized carbons (Fsp3) is 0.389. The summed E-state index contributed by atoms with van der Waals surface area (Å²) >= 11 is 12.1. The summed E-state index contributed by atoms with van der Waals surface area (Å²) in [6.07, 6.45) is 0. The first kappa shape index (κ1) is 24.3. The van der Waals surface area contributed by atoms with Crippen LogP contribution in [0.15, 0.2) is 41.4 Å². The summed E-state index contributed by atoms with van der Waals surface area (Å²) in [5, 5.41) is 7.43. The van der Waals surface area contributed by atoms with Crippen LogP contribution in [-0.2, 0) is 30.1 Å². The van der Waals surface area contributed by atoms with Gasteiger partial charge in [-0.1, -0.05) is 53.5 Å². The molecule has 0 aliphatic heterocycles. The van der Waals surface area contributed by atoms with Crippen LogP contribution in [0.2, 0.25) is 10.2 Å². The van der Waals surface area contributed by atoms with E-state index in [1.54, 1.807) is 0 Å². The van der Waals surface area contributed by atoms with Crippen molar-refractivity contribution in [1.82, 2.24) is 15.2 Å². The number of nitrogens with zero attached hydrogens (tertiary/aromatic N) is 2. The standard InChI is InChI=1S/C18H24Cl2N4OS.HI/c1-3-21-18(23-12-15-11-16(19)17(20)24(15)2)22-9-10-26(25)13-14-7-5-4-6-8-14;/h4-8,11H,3,9-10,12-13H2,1-2H3,(H2,21,22,23);1H. The molecule has 0 bridgehead atoms. The van der Waals surface area contributed by atoms with Gasteiger partial charge in [0.05, 0.1) is 11.6 Å². The third kappa shape index (κ3) is 8.01. The first-order chi connectivity index (χ1) is 12.5. The summed E-state index contributed by atoms with van der Waals surface area (Å²) in [4.78, 5) is 4.54. The third-order valence-electron chi connectivity index (χ3n) is 3.75. The van der Waals surface area contributed by atoms with Crippen molar-refractivity contribution in [1.29, 1.82) is 0 Å². The van der Waals surface area contributed by atoms with Gasteiger partial charge in [-0.25, -0.2) is 4.99 Å². The Kier molecular flexibility index (Phi) is 11.4. The van der Waals surface area contributed by atoms with E-state index in [1.165, 1.54) is 0 Å². The molecule has 2 aromatic rings. The SMILES string of the molecule is CCNC(=NCc1cc(Cl)c(Cl)n1C)NCCS(=O)Cc1ccccc1.I. The van der Waals surface area contributed by atoms with Crippen LogP contribution in [0.25, 0.3) is 0 Å². The van der Waals surface area contributed by atoms with Gasteiger partial charge in [0.1, 0.15) is 5.15 Å². The maximum Gasteiger partial charge on any atom is 0.191 e. The monoisotopic (exact) mass is 542 g/mol. The summed E-state index contributed by atoms with van der Waals surface area (Å²) < 4.78 is 14.0. The number of hydrogen-bond donors (Lipinski definition) is 2. The Hall–Kier alpha value is -0.770. The predicted octanol–water partition coefficient (Wildman–Crippen LogP) is 3.95. The zero-order valence-corrected chi connectivity index (χ0v) is 20.0. The number of aromatic nitrogens is 1. The van der Waals surface area contributed by atoms with E-state index in [1.807, 2.05) is 54.9 Å². The fourth-order valence-corrected chi connectivity index (χ4v) is 3.81. The van der Waals surface area contributed by atoms with Crippen molar-refractivity contribution < 1.29 is 4.21 Å². The summed E-state index contributed by atoms with van der Waals surface area (Å²) in [5.41, 5.74) is 2.01. The van der Waals surface area contributed by atoms with Gasteiger partial charge in [0, 0.05) is 48.1 Å². The largest absolute Gasteiger partial charge is 0.357 e. The minimum absolute atomic E-state index is 0. The fourth-order valence-electron chi connectivity index (χ4n) is 2.36. The second kappa shape index (κ2) is 12.6. The van der Waals surface area contributed by atoms with Crippen LogP contribution in [-0.4, -0.2) is 33.6 Å². The van der Waals surface area contributed by atoms with E-state index in [-0.39, 0.29) is 24.0 Å². The lowest BCUT2D eigenvalue weighted by Gasteiger charge is -2.11. The molecule has 0 amide bonds. The number of benzene rings is 1. The molecule has 1 atom stereocenters. The molecule has 0 fully saturated rings. The van der Waals surface area contributed by atoms with E-state index < -0.39 is 10.8 Å². The zero-order chi connectivity index (χ0) is 18.9. The molecule has 2 N–H and O–H groups in total. The molecule has 0 saturated carbocycles. The van der Waals surface area contributed by atoms with Crippen LogP contribution in [0.5, 0.6) is 0 Å². The van der Waals surface area contributed by atoms with Crippen LogP contribution >= 0.6 is 47.2 Å². The van der Waals surface area contributed by atoms with Gasteiger partial charge in [0.25, 0.3) is 0 Å². The molecule has 2 rings (SSSR count). The van der Waals surface area contributed by atoms with Gasteiger partial charge in [-0.05, 0) is 18.6 Å². The van der Waals surface area contributed by atoms with Crippen molar-refractivity contribution in [2.75, 3.05) is 18.8 Å². The average Bonchev–Trinajstić information content (AvgIpc) is 2.87. The van der Waals surface area contributed by atoms with Gasteiger partial charge >= 0.3 is 0 Å². The molecule has 5 nitrogen and oxygen atoms in total. The van der Waals surface area contributed by atoms with E-state index >= 15 is 0 Å². The van der Waals surface area contributed by atoms with E-state index in [0.717, 1.165) is 17.8 Å². The van der Waals surface area contributed by atoms with Crippen molar-refractivity contribution in [3.8, 4) is 0 Å². The van der Waals surface area contributed by atoms with Crippen molar-refractivity contribution >= 4 is 63.9 Å². The molecule has 9 heteroatoms. The van der Waals surface area contributed by atoms with E-state index in [2.05, 4.69) is 15.6 Å². The normalized spacial score (nSPS) is 12.4. The Morgan fingerprint density at radius 3 is 2.52 bits per heavy atom. The van der Waals surface area contributed by atoms with Gasteiger partial charge in [-0.2, -0.15) is 0 Å². The molecule has 27 heavy (non-hydrogen) atoms. The van der Waals surface area contributed by atoms with Gasteiger partial charge in [-0.15, -0.1) is 24.0 Å². The molecule has 0 aliphatic rings. The number of guanidine groups is 1. The minimum atomic E-state index is -0.919. The third-order valence-corrected chi connectivity index (χ3v) is 5.91. The Morgan fingerprint density at radius 2 is 1.93 bits per heavy atom. The molecule has 1 heterocycles. The van der Waals surface area contributed by atoms with E-state index in [0.29, 0.717) is 40.7 Å². The Bertz CT molecular complexity index is 768. The number of nitrogens with one attached hydrogen (secondary N) is 2. The van der Waals surface area contributed by atoms with Crippen LogP contribution in [0.3, 0.4) is 0 Å². The summed E-state index contributed by atoms with van der Waals surface area (Å²) in [5.74, 6) is 1.80. The van der Waals surface area contributed by atoms with Crippen LogP contribution in [0.1, 0.15) is 18.2 Å². The molecule has 150 valence electrons. The molecule has 0 spiro atoms. The van der Waals surface area contributed by atoms with Crippen molar-refractivity contribution in [2.24, 2.45) is 12.0 Å². The van der Waals surface area contributed by atoms with E-state index in [4.69, 9.17) is 23.2 Å². The van der Waals surface area contributed by atoms with Crippen LogP contribution < -0.4 is 10.6 Å². The lowest BCUT2D eigenvalue weighted by molar-refractivity contribution is 0.680. The highest BCUT2D eigenvalue weighted by Crippen LogP contribution is 2.25. The second-order valence-corrected chi connectivity index (χ2v) is 8.07. The Balaban J connectivity index is 0.00000364. The number of aliphatic imine (C=N–C) groups is 1. The van der Waals surface area contributed by atoms with E-state index in [9.17, 15) is 4.21 Å². The molecule has 0 radical (unpaired) electrons. The Labute approximate surface area is 190 Å². The molecule has 0 saturated heterocycles. The second-order valence-electron chi connectivity index (χ2n) is 5.73. The first-order valence-electron chi connectivity index (χ1n) is 8.42. The van der Waals surface area contributed by atoms with Gasteiger partial charge in [-0.3, -0.25) is 4.21 Å².